The Morgan fingerprint density at radius 3 is 2.68 bits per heavy atom. The number of H-pyrrole nitrogens is 1. The first-order valence-electron chi connectivity index (χ1n) is 7.90. The molecule has 6 nitrogen and oxygen atoms in total. The van der Waals surface area contributed by atoms with Gasteiger partial charge in [-0.3, -0.25) is 9.59 Å². The van der Waals surface area contributed by atoms with Gasteiger partial charge in [-0.2, -0.15) is 5.10 Å². The lowest BCUT2D eigenvalue weighted by Crippen LogP contribution is -2.25. The number of hydrogen-bond acceptors (Lipinski definition) is 4. The minimum absolute atomic E-state index is 0.135. The molecule has 0 fully saturated rings. The third-order valence-corrected chi connectivity index (χ3v) is 3.91. The monoisotopic (exact) mass is 334 g/mol. The average molecular weight is 334 g/mol. The summed E-state index contributed by atoms with van der Waals surface area (Å²) in [6.07, 6.45) is 1.41. The Kier molecular flexibility index (Phi) is 4.70. The molecule has 126 valence electrons. The molecule has 0 aliphatic heterocycles. The Bertz CT molecular complexity index is 1010. The van der Waals surface area contributed by atoms with Crippen molar-refractivity contribution in [2.45, 2.75) is 20.3 Å². The molecule has 3 rings (SSSR count). The number of hydrazone groups is 1. The van der Waals surface area contributed by atoms with Crippen molar-refractivity contribution in [2.75, 3.05) is 0 Å². The molecule has 0 bridgehead atoms. The molecular formula is C19H18N4O2. The lowest BCUT2D eigenvalue weighted by molar-refractivity contribution is -0.120. The van der Waals surface area contributed by atoms with Crippen molar-refractivity contribution in [1.29, 1.82) is 0 Å². The van der Waals surface area contributed by atoms with Crippen molar-refractivity contribution in [3.05, 3.63) is 75.2 Å². The molecule has 1 heterocycles. The fourth-order valence-electron chi connectivity index (χ4n) is 2.41. The first kappa shape index (κ1) is 16.6. The number of aryl methyl sites for hydroxylation is 2. The SMILES string of the molecule is Cc1cc2nc(CC(=O)N/N=C\c3ccccc3)c(=O)[nH]c2cc1C. The molecule has 1 amide bonds. The molecule has 0 unspecified atom stereocenters. The smallest absolute Gasteiger partial charge is 0.270 e. The fraction of sp³-hybridized carbons (Fsp3) is 0.158. The molecule has 0 aliphatic carbocycles. The highest BCUT2D eigenvalue weighted by atomic mass is 16.2. The quantitative estimate of drug-likeness (QED) is 0.566. The molecule has 6 heteroatoms. The van der Waals surface area contributed by atoms with Crippen LogP contribution in [0, 0.1) is 13.8 Å². The van der Waals surface area contributed by atoms with Crippen LogP contribution in [0.5, 0.6) is 0 Å². The van der Waals surface area contributed by atoms with Gasteiger partial charge in [0.15, 0.2) is 0 Å². The van der Waals surface area contributed by atoms with E-state index in [-0.39, 0.29) is 17.7 Å². The number of rotatable bonds is 4. The van der Waals surface area contributed by atoms with E-state index in [4.69, 9.17) is 0 Å². The van der Waals surface area contributed by atoms with E-state index in [0.29, 0.717) is 11.0 Å². The lowest BCUT2D eigenvalue weighted by atomic mass is 10.1. The summed E-state index contributed by atoms with van der Waals surface area (Å²) in [5, 5.41) is 3.89. The van der Waals surface area contributed by atoms with Gasteiger partial charge in [0.05, 0.1) is 23.7 Å². The highest BCUT2D eigenvalue weighted by Crippen LogP contribution is 2.14. The number of hydrogen-bond donors (Lipinski definition) is 2. The topological polar surface area (TPSA) is 87.2 Å². The summed E-state index contributed by atoms with van der Waals surface area (Å²) in [5.74, 6) is -0.395. The zero-order valence-electron chi connectivity index (χ0n) is 14.0. The average Bonchev–Trinajstić information content (AvgIpc) is 2.58. The minimum atomic E-state index is -0.395. The van der Waals surface area contributed by atoms with Gasteiger partial charge in [-0.1, -0.05) is 30.3 Å². The zero-order chi connectivity index (χ0) is 17.8. The van der Waals surface area contributed by atoms with Crippen molar-refractivity contribution in [3.63, 3.8) is 0 Å². The second-order valence-corrected chi connectivity index (χ2v) is 5.85. The van der Waals surface area contributed by atoms with Gasteiger partial charge in [-0.25, -0.2) is 10.4 Å². The molecule has 3 aromatic rings. The van der Waals surface area contributed by atoms with Gasteiger partial charge in [-0.15, -0.1) is 0 Å². The first-order chi connectivity index (χ1) is 12.0. The summed E-state index contributed by atoms with van der Waals surface area (Å²) in [6.45, 7) is 3.95. The summed E-state index contributed by atoms with van der Waals surface area (Å²) >= 11 is 0. The van der Waals surface area contributed by atoms with Crippen molar-refractivity contribution in [3.8, 4) is 0 Å². The number of benzene rings is 2. The Hall–Kier alpha value is -3.28. The molecule has 0 atom stereocenters. The highest BCUT2D eigenvalue weighted by molar-refractivity contribution is 5.83. The molecule has 2 N–H and O–H groups in total. The van der Waals surface area contributed by atoms with Crippen LogP contribution in [-0.2, 0) is 11.2 Å². The summed E-state index contributed by atoms with van der Waals surface area (Å²) in [7, 11) is 0. The number of aromatic amines is 1. The van der Waals surface area contributed by atoms with Gasteiger partial charge >= 0.3 is 0 Å². The van der Waals surface area contributed by atoms with Crippen molar-refractivity contribution in [2.24, 2.45) is 5.10 Å². The van der Waals surface area contributed by atoms with Crippen LogP contribution in [0.15, 0.2) is 52.4 Å². The largest absolute Gasteiger partial charge is 0.319 e. The maximum Gasteiger partial charge on any atom is 0.270 e. The van der Waals surface area contributed by atoms with Crippen LogP contribution in [0.4, 0.5) is 0 Å². The molecule has 0 saturated carbocycles. The van der Waals surface area contributed by atoms with Crippen LogP contribution < -0.4 is 11.0 Å². The highest BCUT2D eigenvalue weighted by Gasteiger charge is 2.10. The third kappa shape index (κ3) is 3.98. The van der Waals surface area contributed by atoms with Gasteiger partial charge in [0.1, 0.15) is 5.69 Å². The van der Waals surface area contributed by atoms with E-state index in [1.54, 1.807) is 6.21 Å². The van der Waals surface area contributed by atoms with Gasteiger partial charge in [0.25, 0.3) is 5.56 Å². The first-order valence-corrected chi connectivity index (χ1v) is 7.90. The molecular weight excluding hydrogens is 316 g/mol. The van der Waals surface area contributed by atoms with Crippen LogP contribution in [0.1, 0.15) is 22.4 Å². The van der Waals surface area contributed by atoms with Crippen LogP contribution in [-0.4, -0.2) is 22.1 Å². The van der Waals surface area contributed by atoms with Gasteiger partial charge < -0.3 is 4.98 Å². The third-order valence-electron chi connectivity index (χ3n) is 3.91. The Morgan fingerprint density at radius 2 is 1.92 bits per heavy atom. The second-order valence-electron chi connectivity index (χ2n) is 5.85. The van der Waals surface area contributed by atoms with Gasteiger partial charge in [-0.05, 0) is 42.7 Å². The Labute approximate surface area is 144 Å². The van der Waals surface area contributed by atoms with Gasteiger partial charge in [0, 0.05) is 0 Å². The second kappa shape index (κ2) is 7.09. The van der Waals surface area contributed by atoms with E-state index < -0.39 is 5.91 Å². The number of fused-ring (bicyclic) bond motifs is 1. The predicted molar refractivity (Wildman–Crippen MR) is 97.7 cm³/mol. The number of amides is 1. The van der Waals surface area contributed by atoms with E-state index in [1.807, 2.05) is 56.3 Å². The number of carbonyl (C=O) groups is 1. The molecule has 0 saturated heterocycles. The van der Waals surface area contributed by atoms with E-state index >= 15 is 0 Å². The van der Waals surface area contributed by atoms with Crippen molar-refractivity contribution >= 4 is 23.2 Å². The number of carbonyl (C=O) groups excluding carboxylic acids is 1. The van der Waals surface area contributed by atoms with E-state index in [1.165, 1.54) is 0 Å². The maximum atomic E-state index is 12.1. The van der Waals surface area contributed by atoms with E-state index in [0.717, 1.165) is 16.7 Å². The molecule has 25 heavy (non-hydrogen) atoms. The Morgan fingerprint density at radius 1 is 1.20 bits per heavy atom. The summed E-state index contributed by atoms with van der Waals surface area (Å²) in [5.41, 5.74) is 6.57. The van der Waals surface area contributed by atoms with Crippen LogP contribution in [0.25, 0.3) is 11.0 Å². The molecule has 2 aromatic carbocycles. The summed E-state index contributed by atoms with van der Waals surface area (Å²) in [4.78, 5) is 31.2. The normalized spacial score (nSPS) is 11.1. The molecule has 1 aromatic heterocycles. The number of nitrogens with one attached hydrogen (secondary N) is 2. The van der Waals surface area contributed by atoms with Crippen LogP contribution >= 0.6 is 0 Å². The van der Waals surface area contributed by atoms with Crippen molar-refractivity contribution in [1.82, 2.24) is 15.4 Å². The predicted octanol–water partition coefficient (Wildman–Crippen LogP) is 2.23. The molecule has 0 aliphatic rings. The van der Waals surface area contributed by atoms with E-state index in [9.17, 15) is 9.59 Å². The van der Waals surface area contributed by atoms with E-state index in [2.05, 4.69) is 20.5 Å². The Balaban J connectivity index is 1.74. The van der Waals surface area contributed by atoms with Crippen molar-refractivity contribution < 1.29 is 4.79 Å². The number of aromatic nitrogens is 2. The summed E-state index contributed by atoms with van der Waals surface area (Å²) in [6, 6.07) is 13.2. The standard InChI is InChI=1S/C19H18N4O2/c1-12-8-15-16(9-13(12)2)22-19(25)17(21-15)10-18(24)23-20-11-14-6-4-3-5-7-14/h3-9,11H,10H2,1-2H3,(H,22,25)(H,23,24)/b20-11-. The number of nitrogens with zero attached hydrogens (tertiary/aromatic N) is 2. The molecule has 0 radical (unpaired) electrons. The van der Waals surface area contributed by atoms with Gasteiger partial charge in [0.2, 0.25) is 5.91 Å². The molecule has 0 spiro atoms. The van der Waals surface area contributed by atoms with Crippen LogP contribution in [0.3, 0.4) is 0 Å². The summed E-state index contributed by atoms with van der Waals surface area (Å²) < 4.78 is 0. The zero-order valence-corrected chi connectivity index (χ0v) is 14.0. The van der Waals surface area contributed by atoms with Crippen LogP contribution in [0.2, 0.25) is 0 Å². The minimum Gasteiger partial charge on any atom is -0.319 e. The lowest BCUT2D eigenvalue weighted by Gasteiger charge is -2.05. The maximum absolute atomic E-state index is 12.1. The fourth-order valence-corrected chi connectivity index (χ4v) is 2.41.